The number of amides is 1. The summed E-state index contributed by atoms with van der Waals surface area (Å²) in [6, 6.07) is -0.0922. The van der Waals surface area contributed by atoms with Gasteiger partial charge >= 0.3 is 5.82 Å². The number of hydrogen-bond acceptors (Lipinski definition) is 5. The molecule has 4 bridgehead atoms. The molecular weight excluding hydrogens is 488 g/mol. The van der Waals surface area contributed by atoms with Gasteiger partial charge in [-0.3, -0.25) is 9.48 Å². The Hall–Kier alpha value is -2.23. The molecular formula is C23H31BrN6O3. The highest BCUT2D eigenvalue weighted by molar-refractivity contribution is 9.10. The topological polar surface area (TPSA) is 108 Å². The molecule has 1 amide bonds. The van der Waals surface area contributed by atoms with Crippen molar-refractivity contribution in [3.8, 4) is 0 Å². The summed E-state index contributed by atoms with van der Waals surface area (Å²) in [6.45, 7) is 6.92. The molecule has 0 saturated heterocycles. The second kappa shape index (κ2) is 7.92. The highest BCUT2D eigenvalue weighted by Crippen LogP contribution is 2.65. The number of nitrogens with one attached hydrogen (secondary N) is 1. The number of halogens is 1. The first kappa shape index (κ1) is 22.6. The molecule has 9 nitrogen and oxygen atoms in total. The summed E-state index contributed by atoms with van der Waals surface area (Å²) in [5.74, 6) is 1.04. The molecule has 4 fully saturated rings. The van der Waals surface area contributed by atoms with E-state index < -0.39 is 4.92 Å². The fourth-order valence-corrected chi connectivity index (χ4v) is 7.92. The molecule has 3 atom stereocenters. The van der Waals surface area contributed by atoms with Crippen LogP contribution in [0.2, 0.25) is 0 Å². The molecule has 0 spiro atoms. The maximum absolute atomic E-state index is 13.2. The Morgan fingerprint density at radius 1 is 1.36 bits per heavy atom. The molecule has 33 heavy (non-hydrogen) atoms. The molecule has 3 unspecified atom stereocenters. The smallest absolute Gasteiger partial charge is 0.358 e. The van der Waals surface area contributed by atoms with Crippen LogP contribution in [0.25, 0.3) is 0 Å². The minimum Gasteiger partial charge on any atom is -0.358 e. The molecule has 10 heteroatoms. The number of aryl methyl sites for hydroxylation is 1. The van der Waals surface area contributed by atoms with Crippen LogP contribution in [0.3, 0.4) is 0 Å². The van der Waals surface area contributed by atoms with Crippen molar-refractivity contribution in [2.75, 3.05) is 0 Å². The maximum Gasteiger partial charge on any atom is 0.404 e. The molecule has 2 aromatic rings. The van der Waals surface area contributed by atoms with E-state index in [1.807, 2.05) is 29.4 Å². The summed E-state index contributed by atoms with van der Waals surface area (Å²) in [7, 11) is 0. The summed E-state index contributed by atoms with van der Waals surface area (Å²) in [6.07, 6.45) is 10.3. The van der Waals surface area contributed by atoms with Gasteiger partial charge in [0.1, 0.15) is 4.47 Å². The first-order valence-electron chi connectivity index (χ1n) is 11.9. The van der Waals surface area contributed by atoms with Crippen molar-refractivity contribution in [1.82, 2.24) is 24.9 Å². The van der Waals surface area contributed by atoms with Crippen LogP contribution in [-0.4, -0.2) is 30.4 Å². The lowest BCUT2D eigenvalue weighted by molar-refractivity contribution is -0.390. The molecule has 178 valence electrons. The van der Waals surface area contributed by atoms with Crippen molar-refractivity contribution in [3.05, 3.63) is 38.2 Å². The predicted octanol–water partition coefficient (Wildman–Crippen LogP) is 4.64. The first-order valence-corrected chi connectivity index (χ1v) is 12.6. The van der Waals surface area contributed by atoms with Crippen LogP contribution in [0.4, 0.5) is 5.82 Å². The van der Waals surface area contributed by atoms with Gasteiger partial charge in [0.25, 0.3) is 0 Å². The van der Waals surface area contributed by atoms with Crippen molar-refractivity contribution in [3.63, 3.8) is 0 Å². The molecule has 0 aromatic carbocycles. The van der Waals surface area contributed by atoms with Crippen LogP contribution in [0.5, 0.6) is 0 Å². The number of carbonyl (C=O) groups excluding carboxylic acids is 1. The second-order valence-electron chi connectivity index (χ2n) is 10.7. The van der Waals surface area contributed by atoms with Gasteiger partial charge < -0.3 is 15.4 Å². The lowest BCUT2D eigenvalue weighted by atomic mass is 9.46. The normalized spacial score (nSPS) is 31.0. The number of nitrogens with zero attached hydrogens (tertiary/aromatic N) is 5. The van der Waals surface area contributed by atoms with Crippen molar-refractivity contribution >= 4 is 27.7 Å². The quantitative estimate of drug-likeness (QED) is 0.424. The minimum absolute atomic E-state index is 0.0657. The second-order valence-corrected chi connectivity index (χ2v) is 11.5. The van der Waals surface area contributed by atoms with Crippen molar-refractivity contribution in [2.45, 2.75) is 83.8 Å². The Morgan fingerprint density at radius 2 is 2.06 bits per heavy atom. The standard InChI is InChI=1S/C23H31BrN6O3/c1-4-28-15(3)18(11-25-28)14(2)26-20(31)10-22-6-16-5-17(7-22)9-23(8-16,13-22)29-12-19(24)21(27-29)30(32)33/h11-12,14,16-17H,4-10,13H2,1-3H3,(H,26,31). The van der Waals surface area contributed by atoms with Crippen molar-refractivity contribution in [1.29, 1.82) is 0 Å². The van der Waals surface area contributed by atoms with Crippen molar-refractivity contribution in [2.24, 2.45) is 17.3 Å². The minimum atomic E-state index is -0.436. The highest BCUT2D eigenvalue weighted by Gasteiger charge is 2.60. The average Bonchev–Trinajstić information content (AvgIpc) is 3.29. The third-order valence-electron chi connectivity index (χ3n) is 8.28. The zero-order valence-electron chi connectivity index (χ0n) is 19.4. The summed E-state index contributed by atoms with van der Waals surface area (Å²) >= 11 is 3.32. The van der Waals surface area contributed by atoms with Gasteiger partial charge in [0, 0.05) is 24.2 Å². The van der Waals surface area contributed by atoms with Gasteiger partial charge in [0.2, 0.25) is 5.91 Å². The number of rotatable bonds is 7. The Balaban J connectivity index is 1.35. The lowest BCUT2D eigenvalue weighted by Gasteiger charge is -2.61. The van der Waals surface area contributed by atoms with Crippen LogP contribution in [-0.2, 0) is 16.9 Å². The van der Waals surface area contributed by atoms with Gasteiger partial charge in [-0.05, 0) is 97.4 Å². The SMILES string of the molecule is CCn1ncc(C(C)NC(=O)CC23CC4CC(C2)CC(n2cc(Br)c([N+](=O)[O-])n2)(C4)C3)c1C. The summed E-state index contributed by atoms with van der Waals surface area (Å²) in [5, 5.41) is 23.4. The Kier molecular flexibility index (Phi) is 5.42. The zero-order chi connectivity index (χ0) is 23.5. The molecule has 4 saturated carbocycles. The summed E-state index contributed by atoms with van der Waals surface area (Å²) in [5.41, 5.74) is 1.85. The van der Waals surface area contributed by atoms with E-state index in [0.29, 0.717) is 22.7 Å². The summed E-state index contributed by atoms with van der Waals surface area (Å²) < 4.78 is 4.22. The average molecular weight is 519 g/mol. The monoisotopic (exact) mass is 518 g/mol. The third kappa shape index (κ3) is 3.80. The predicted molar refractivity (Wildman–Crippen MR) is 125 cm³/mol. The van der Waals surface area contributed by atoms with Crippen LogP contribution < -0.4 is 5.32 Å². The maximum atomic E-state index is 13.2. The Bertz CT molecular complexity index is 1090. The van der Waals surface area contributed by atoms with Crippen LogP contribution in [0.1, 0.15) is 76.1 Å². The van der Waals surface area contributed by atoms with E-state index in [4.69, 9.17) is 0 Å². The number of hydrogen-bond donors (Lipinski definition) is 1. The Morgan fingerprint density at radius 3 is 2.64 bits per heavy atom. The van der Waals surface area contributed by atoms with E-state index in [2.05, 4.69) is 38.4 Å². The van der Waals surface area contributed by atoms with Crippen molar-refractivity contribution < 1.29 is 9.72 Å². The van der Waals surface area contributed by atoms with E-state index >= 15 is 0 Å². The molecule has 4 aliphatic rings. The van der Waals surface area contributed by atoms with E-state index in [0.717, 1.165) is 49.9 Å². The first-order chi connectivity index (χ1) is 15.6. The Labute approximate surface area is 201 Å². The number of aromatic nitrogens is 4. The van der Waals surface area contributed by atoms with Gasteiger partial charge in [-0.1, -0.05) is 0 Å². The molecule has 2 heterocycles. The van der Waals surface area contributed by atoms with Gasteiger partial charge in [0.15, 0.2) is 0 Å². The van der Waals surface area contributed by atoms with E-state index in [-0.39, 0.29) is 28.7 Å². The van der Waals surface area contributed by atoms with E-state index in [9.17, 15) is 14.9 Å². The van der Waals surface area contributed by atoms with Crippen LogP contribution >= 0.6 is 15.9 Å². The van der Waals surface area contributed by atoms with Gasteiger partial charge in [0.05, 0.1) is 29.1 Å². The molecule has 0 aliphatic heterocycles. The van der Waals surface area contributed by atoms with Crippen LogP contribution in [0, 0.1) is 34.3 Å². The van der Waals surface area contributed by atoms with Crippen LogP contribution in [0.15, 0.2) is 16.9 Å². The molecule has 0 radical (unpaired) electrons. The molecule has 6 rings (SSSR count). The van der Waals surface area contributed by atoms with Gasteiger partial charge in [-0.25, -0.2) is 0 Å². The highest BCUT2D eigenvalue weighted by atomic mass is 79.9. The molecule has 4 aliphatic carbocycles. The molecule has 1 N–H and O–H groups in total. The number of carbonyl (C=O) groups is 1. The summed E-state index contributed by atoms with van der Waals surface area (Å²) in [4.78, 5) is 24.2. The zero-order valence-corrected chi connectivity index (χ0v) is 21.0. The number of nitro groups is 1. The lowest BCUT2D eigenvalue weighted by Crippen LogP contribution is -2.57. The third-order valence-corrected chi connectivity index (χ3v) is 8.84. The van der Waals surface area contributed by atoms with E-state index in [1.165, 1.54) is 6.42 Å². The fraction of sp³-hybridized carbons (Fsp3) is 0.696. The van der Waals surface area contributed by atoms with E-state index in [1.54, 1.807) is 6.20 Å². The van der Waals surface area contributed by atoms with Gasteiger partial charge in [-0.15, -0.1) is 0 Å². The fourth-order valence-electron chi connectivity index (χ4n) is 7.50. The molecule has 2 aromatic heterocycles. The van der Waals surface area contributed by atoms with Gasteiger partial charge in [-0.2, -0.15) is 9.78 Å². The largest absolute Gasteiger partial charge is 0.404 e.